The van der Waals surface area contributed by atoms with Gasteiger partial charge >= 0.3 is 0 Å². The van der Waals surface area contributed by atoms with Gasteiger partial charge in [-0.25, -0.2) is 9.37 Å². The lowest BCUT2D eigenvalue weighted by Gasteiger charge is -2.27. The van der Waals surface area contributed by atoms with Gasteiger partial charge in [0.25, 0.3) is 0 Å². The summed E-state index contributed by atoms with van der Waals surface area (Å²) in [6.07, 6.45) is 12.0. The Morgan fingerprint density at radius 3 is 2.65 bits per heavy atom. The zero-order valence-electron chi connectivity index (χ0n) is 22.6. The summed E-state index contributed by atoms with van der Waals surface area (Å²) in [5.41, 5.74) is 2.77. The van der Waals surface area contributed by atoms with Gasteiger partial charge in [-0.1, -0.05) is 37.3 Å². The molecule has 202 valence electrons. The van der Waals surface area contributed by atoms with Crippen LogP contribution in [0.1, 0.15) is 101 Å². The molecule has 0 spiro atoms. The van der Waals surface area contributed by atoms with Crippen LogP contribution in [-0.2, 0) is 4.74 Å². The van der Waals surface area contributed by atoms with Gasteiger partial charge in [0.1, 0.15) is 23.9 Å². The molecule has 0 amide bonds. The molecule has 1 atom stereocenters. The highest BCUT2D eigenvalue weighted by Crippen LogP contribution is 2.40. The number of hydrogen-bond donors (Lipinski definition) is 3. The van der Waals surface area contributed by atoms with Gasteiger partial charge in [0, 0.05) is 17.0 Å². The topological polar surface area (TPSA) is 96.2 Å². The van der Waals surface area contributed by atoms with Crippen molar-refractivity contribution in [2.24, 2.45) is 5.92 Å². The third-order valence-electron chi connectivity index (χ3n) is 7.21. The van der Waals surface area contributed by atoms with E-state index in [1.54, 1.807) is 18.4 Å². The van der Waals surface area contributed by atoms with Crippen molar-refractivity contribution in [3.8, 4) is 0 Å². The Labute approximate surface area is 218 Å². The third-order valence-corrected chi connectivity index (χ3v) is 7.21. The number of hydrogen-bond acceptors (Lipinski definition) is 6. The highest BCUT2D eigenvalue weighted by Gasteiger charge is 2.31. The fraction of sp³-hybridized carbons (Fsp3) is 0.586. The van der Waals surface area contributed by atoms with Gasteiger partial charge in [-0.05, 0) is 71.6 Å². The number of H-pyrrole nitrogens is 1. The van der Waals surface area contributed by atoms with Crippen molar-refractivity contribution in [3.63, 3.8) is 0 Å². The number of ether oxygens (including phenoxy) is 1. The number of nitrogens with zero attached hydrogens (tertiary/aromatic N) is 2. The molecule has 0 radical (unpaired) electrons. The zero-order valence-corrected chi connectivity index (χ0v) is 22.6. The molecule has 3 aromatic rings. The highest BCUT2D eigenvalue weighted by atomic mass is 19.1. The molecule has 7 nitrogen and oxygen atoms in total. The first kappa shape index (κ1) is 27.2. The number of halogens is 1. The fourth-order valence-electron chi connectivity index (χ4n) is 5.27. The van der Waals surface area contributed by atoms with Crippen molar-refractivity contribution in [2.75, 3.05) is 13.2 Å². The molecule has 1 saturated carbocycles. The fourth-order valence-corrected chi connectivity index (χ4v) is 5.27. The first-order valence-corrected chi connectivity index (χ1v) is 13.6. The molecule has 1 unspecified atom stereocenters. The van der Waals surface area contributed by atoms with Gasteiger partial charge in [-0.2, -0.15) is 0 Å². The van der Waals surface area contributed by atoms with Crippen LogP contribution in [0.15, 0.2) is 29.2 Å². The Morgan fingerprint density at radius 2 is 1.97 bits per heavy atom. The number of nitrogens with one attached hydrogen (secondary N) is 2. The van der Waals surface area contributed by atoms with Crippen LogP contribution in [0.5, 0.6) is 0 Å². The first-order chi connectivity index (χ1) is 17.7. The van der Waals surface area contributed by atoms with Crippen LogP contribution < -0.4 is 5.32 Å². The van der Waals surface area contributed by atoms with Gasteiger partial charge in [-0.15, -0.1) is 0 Å². The van der Waals surface area contributed by atoms with E-state index in [0.29, 0.717) is 23.9 Å². The minimum atomic E-state index is -0.565. The SMILES string of the molecule is Cc1nocc1C(c1nc2c(F)c(/C(O)=C/OCCCNC(C)(C)C)ccc2[nH]1)C1CCCCCCC1. The maximum atomic E-state index is 15.6. The molecule has 3 N–H and O–H groups in total. The predicted octanol–water partition coefficient (Wildman–Crippen LogP) is 7.14. The van der Waals surface area contributed by atoms with Gasteiger partial charge in [0.05, 0.1) is 23.4 Å². The van der Waals surface area contributed by atoms with E-state index in [4.69, 9.17) is 14.2 Å². The minimum absolute atomic E-state index is 0.0419. The predicted molar refractivity (Wildman–Crippen MR) is 144 cm³/mol. The minimum Gasteiger partial charge on any atom is -0.504 e. The van der Waals surface area contributed by atoms with Crippen molar-refractivity contribution in [2.45, 2.75) is 90.5 Å². The molecule has 0 aliphatic heterocycles. The van der Waals surface area contributed by atoms with Gasteiger partial charge in [0.2, 0.25) is 0 Å². The molecule has 8 heteroatoms. The Balaban J connectivity index is 1.55. The van der Waals surface area contributed by atoms with Crippen LogP contribution in [0.2, 0.25) is 0 Å². The summed E-state index contributed by atoms with van der Waals surface area (Å²) >= 11 is 0. The second-order valence-corrected chi connectivity index (χ2v) is 11.3. The van der Waals surface area contributed by atoms with Crippen molar-refractivity contribution >= 4 is 16.8 Å². The molecular weight excluding hydrogens is 471 g/mol. The van der Waals surface area contributed by atoms with E-state index >= 15 is 4.39 Å². The number of aryl methyl sites for hydroxylation is 1. The Morgan fingerprint density at radius 1 is 1.24 bits per heavy atom. The number of fused-ring (bicyclic) bond motifs is 1. The molecule has 1 aliphatic rings. The lowest BCUT2D eigenvalue weighted by atomic mass is 9.78. The number of imidazole rings is 1. The Hall–Kier alpha value is -2.87. The van der Waals surface area contributed by atoms with E-state index in [9.17, 15) is 5.11 Å². The highest BCUT2D eigenvalue weighted by molar-refractivity contribution is 5.80. The van der Waals surface area contributed by atoms with Crippen molar-refractivity contribution in [3.05, 3.63) is 53.1 Å². The number of benzene rings is 1. The zero-order chi connectivity index (χ0) is 26.4. The normalized spacial score (nSPS) is 17.1. The van der Waals surface area contributed by atoms with E-state index in [-0.39, 0.29) is 28.3 Å². The average molecular weight is 513 g/mol. The molecule has 0 saturated heterocycles. The van der Waals surface area contributed by atoms with Crippen molar-refractivity contribution < 1.29 is 18.8 Å². The second-order valence-electron chi connectivity index (χ2n) is 11.3. The molecule has 1 aliphatic carbocycles. The molecule has 2 aromatic heterocycles. The van der Waals surface area contributed by atoms with Gasteiger partial charge in [-0.3, -0.25) is 0 Å². The summed E-state index contributed by atoms with van der Waals surface area (Å²) in [4.78, 5) is 8.11. The summed E-state index contributed by atoms with van der Waals surface area (Å²) in [6, 6.07) is 3.32. The number of aliphatic hydroxyl groups excluding tert-OH is 1. The first-order valence-electron chi connectivity index (χ1n) is 13.6. The van der Waals surface area contributed by atoms with E-state index in [1.807, 2.05) is 6.92 Å². The Bertz CT molecular complexity index is 1190. The monoisotopic (exact) mass is 512 g/mol. The summed E-state index contributed by atoms with van der Waals surface area (Å²) in [7, 11) is 0. The third kappa shape index (κ3) is 6.92. The maximum Gasteiger partial charge on any atom is 0.162 e. The van der Waals surface area contributed by atoms with Crippen LogP contribution in [-0.4, -0.2) is 38.9 Å². The summed E-state index contributed by atoms with van der Waals surface area (Å²) in [5, 5.41) is 18.0. The van der Waals surface area contributed by atoms with Crippen LogP contribution in [0.25, 0.3) is 16.8 Å². The molecule has 1 fully saturated rings. The van der Waals surface area contributed by atoms with E-state index in [1.165, 1.54) is 38.4 Å². The number of rotatable bonds is 9. The van der Waals surface area contributed by atoms with Gasteiger partial charge < -0.3 is 24.7 Å². The van der Waals surface area contributed by atoms with E-state index in [2.05, 4.69) is 36.2 Å². The molecule has 2 heterocycles. The smallest absolute Gasteiger partial charge is 0.162 e. The molecule has 37 heavy (non-hydrogen) atoms. The standard InChI is InChI=1S/C29H41FN4O3/c1-19-22(17-37-34-19)25(20-11-8-6-5-7-9-12-20)28-32-23-14-13-21(26(30)27(23)33-28)24(35)18-36-16-10-15-31-29(2,3)4/h13-14,17-18,20,25,31,35H,5-12,15-16H2,1-4H3,(H,32,33)/b24-18-. The lowest BCUT2D eigenvalue weighted by Crippen LogP contribution is -2.36. The molecule has 0 bridgehead atoms. The Kier molecular flexibility index (Phi) is 8.90. The molecule has 1 aromatic carbocycles. The van der Waals surface area contributed by atoms with E-state index in [0.717, 1.165) is 37.1 Å². The lowest BCUT2D eigenvalue weighted by molar-refractivity contribution is 0.233. The average Bonchev–Trinajstić information content (AvgIpc) is 3.44. The van der Waals surface area contributed by atoms with Gasteiger partial charge in [0.15, 0.2) is 11.6 Å². The van der Waals surface area contributed by atoms with Crippen LogP contribution in [0, 0.1) is 18.7 Å². The van der Waals surface area contributed by atoms with Crippen LogP contribution >= 0.6 is 0 Å². The molecular formula is C29H41FN4O3. The maximum absolute atomic E-state index is 15.6. The van der Waals surface area contributed by atoms with E-state index < -0.39 is 5.82 Å². The quantitative estimate of drug-likeness (QED) is 0.208. The number of aromatic amines is 1. The summed E-state index contributed by atoms with van der Waals surface area (Å²) in [6.45, 7) is 9.47. The second kappa shape index (κ2) is 12.1. The van der Waals surface area contributed by atoms with Crippen molar-refractivity contribution in [1.82, 2.24) is 20.4 Å². The molecule has 4 rings (SSSR count). The summed E-state index contributed by atoms with van der Waals surface area (Å²) in [5.74, 6) is 0.225. The summed E-state index contributed by atoms with van der Waals surface area (Å²) < 4.78 is 26.3. The van der Waals surface area contributed by atoms with Crippen molar-refractivity contribution in [1.29, 1.82) is 0 Å². The van der Waals surface area contributed by atoms with Crippen LogP contribution in [0.4, 0.5) is 4.39 Å². The number of aromatic nitrogens is 3. The number of aliphatic hydroxyl groups is 1. The largest absolute Gasteiger partial charge is 0.504 e. The van der Waals surface area contributed by atoms with Crippen LogP contribution in [0.3, 0.4) is 0 Å².